The lowest BCUT2D eigenvalue weighted by molar-refractivity contribution is 0.589. The standard InChI is InChI=1S/2C9H18/c2*1-7(2)6-9(5)8(3)4/h2*7-8H,5-6H2,1-4H3. The zero-order valence-electron chi connectivity index (χ0n) is 14.1. The minimum atomic E-state index is 0.660. The second-order valence-corrected chi connectivity index (χ2v) is 6.82. The minimum absolute atomic E-state index is 0.660. The largest absolute Gasteiger partial charge is 0.0996 e. The molecule has 0 bridgehead atoms. The minimum Gasteiger partial charge on any atom is -0.0996 e. The highest BCUT2D eigenvalue weighted by Crippen LogP contribution is 2.16. The fourth-order valence-corrected chi connectivity index (χ4v) is 1.52. The van der Waals surface area contributed by atoms with E-state index >= 15 is 0 Å². The van der Waals surface area contributed by atoms with Crippen LogP contribution in [-0.2, 0) is 0 Å². The van der Waals surface area contributed by atoms with E-state index in [0.29, 0.717) is 11.8 Å². The number of hydrogen-bond donors (Lipinski definition) is 0. The van der Waals surface area contributed by atoms with Gasteiger partial charge in [-0.15, -0.1) is 0 Å². The Kier molecular flexibility index (Phi) is 11.5. The second kappa shape index (κ2) is 10.4. The molecule has 0 nitrogen and oxygen atoms in total. The van der Waals surface area contributed by atoms with Crippen molar-refractivity contribution in [3.8, 4) is 0 Å². The van der Waals surface area contributed by atoms with Gasteiger partial charge in [-0.05, 0) is 36.5 Å². The molecule has 0 heteroatoms. The zero-order chi connectivity index (χ0) is 14.9. The van der Waals surface area contributed by atoms with Crippen molar-refractivity contribution in [3.05, 3.63) is 24.3 Å². The van der Waals surface area contributed by atoms with Crippen LogP contribution in [0.1, 0.15) is 68.2 Å². The molecule has 0 aliphatic heterocycles. The highest BCUT2D eigenvalue weighted by molar-refractivity contribution is 4.98. The van der Waals surface area contributed by atoms with Gasteiger partial charge in [-0.25, -0.2) is 0 Å². The summed E-state index contributed by atoms with van der Waals surface area (Å²) in [4.78, 5) is 0. The lowest BCUT2D eigenvalue weighted by atomic mass is 9.96. The molecule has 0 saturated heterocycles. The molecule has 0 rings (SSSR count). The van der Waals surface area contributed by atoms with Crippen LogP contribution in [0.2, 0.25) is 0 Å². The topological polar surface area (TPSA) is 0 Å². The summed E-state index contributed by atoms with van der Waals surface area (Å²) in [5.74, 6) is 2.85. The Hall–Kier alpha value is -0.520. The summed E-state index contributed by atoms with van der Waals surface area (Å²) in [6.45, 7) is 25.7. The summed E-state index contributed by atoms with van der Waals surface area (Å²) in [5, 5.41) is 0. The average Bonchev–Trinajstić information content (AvgIpc) is 2.16. The van der Waals surface area contributed by atoms with Gasteiger partial charge in [0.2, 0.25) is 0 Å². The smallest absolute Gasteiger partial charge is 0.0263 e. The Balaban J connectivity index is 0. The summed E-state index contributed by atoms with van der Waals surface area (Å²) in [7, 11) is 0. The molecule has 0 radical (unpaired) electrons. The Labute approximate surface area is 117 Å². The molecule has 0 aliphatic rings. The first-order chi connectivity index (χ1) is 8.07. The molecule has 0 spiro atoms. The van der Waals surface area contributed by atoms with Crippen LogP contribution in [0, 0.1) is 23.7 Å². The first-order valence-corrected chi connectivity index (χ1v) is 7.43. The van der Waals surface area contributed by atoms with Crippen LogP contribution >= 0.6 is 0 Å². The third-order valence-corrected chi connectivity index (χ3v) is 2.97. The van der Waals surface area contributed by atoms with Gasteiger partial charge < -0.3 is 0 Å². The van der Waals surface area contributed by atoms with Gasteiger partial charge in [-0.1, -0.05) is 79.7 Å². The molecule has 0 aromatic carbocycles. The maximum absolute atomic E-state index is 3.99. The Morgan fingerprint density at radius 3 is 0.889 bits per heavy atom. The second-order valence-electron chi connectivity index (χ2n) is 6.82. The Morgan fingerprint density at radius 2 is 0.833 bits per heavy atom. The summed E-state index contributed by atoms with van der Waals surface area (Å²) in [6, 6.07) is 0. The van der Waals surface area contributed by atoms with Crippen molar-refractivity contribution in [2.24, 2.45) is 23.7 Å². The molecular weight excluding hydrogens is 216 g/mol. The molecule has 0 heterocycles. The van der Waals surface area contributed by atoms with Crippen molar-refractivity contribution in [2.45, 2.75) is 68.2 Å². The van der Waals surface area contributed by atoms with Gasteiger partial charge in [0.1, 0.15) is 0 Å². The molecule has 0 unspecified atom stereocenters. The van der Waals surface area contributed by atoms with Crippen molar-refractivity contribution in [1.29, 1.82) is 0 Å². The van der Waals surface area contributed by atoms with Crippen LogP contribution in [0.3, 0.4) is 0 Å². The average molecular weight is 252 g/mol. The van der Waals surface area contributed by atoms with E-state index < -0.39 is 0 Å². The normalized spacial score (nSPS) is 10.9. The van der Waals surface area contributed by atoms with Crippen molar-refractivity contribution >= 4 is 0 Å². The molecule has 0 fully saturated rings. The highest BCUT2D eigenvalue weighted by Gasteiger charge is 2.02. The zero-order valence-corrected chi connectivity index (χ0v) is 14.1. The van der Waals surface area contributed by atoms with E-state index in [1.165, 1.54) is 24.0 Å². The fraction of sp³-hybridized carbons (Fsp3) is 0.778. The molecule has 0 aromatic rings. The van der Waals surface area contributed by atoms with Crippen LogP contribution in [0.5, 0.6) is 0 Å². The third kappa shape index (κ3) is 13.5. The van der Waals surface area contributed by atoms with E-state index in [-0.39, 0.29) is 0 Å². The number of allylic oxidation sites excluding steroid dienone is 2. The van der Waals surface area contributed by atoms with Crippen LogP contribution in [0.4, 0.5) is 0 Å². The van der Waals surface area contributed by atoms with Crippen molar-refractivity contribution in [3.63, 3.8) is 0 Å². The van der Waals surface area contributed by atoms with Crippen molar-refractivity contribution < 1.29 is 0 Å². The van der Waals surface area contributed by atoms with E-state index in [4.69, 9.17) is 0 Å². The van der Waals surface area contributed by atoms with E-state index in [9.17, 15) is 0 Å². The van der Waals surface area contributed by atoms with Crippen LogP contribution in [-0.4, -0.2) is 0 Å². The quantitative estimate of drug-likeness (QED) is 0.474. The summed E-state index contributed by atoms with van der Waals surface area (Å²) in [5.41, 5.74) is 2.76. The third-order valence-electron chi connectivity index (χ3n) is 2.97. The molecule has 0 saturated carbocycles. The maximum Gasteiger partial charge on any atom is -0.0263 e. The lowest BCUT2D eigenvalue weighted by Gasteiger charge is -2.10. The molecular formula is C18H36. The maximum atomic E-state index is 3.99. The molecule has 18 heavy (non-hydrogen) atoms. The number of rotatable bonds is 6. The van der Waals surface area contributed by atoms with E-state index in [2.05, 4.69) is 68.5 Å². The van der Waals surface area contributed by atoms with Crippen LogP contribution < -0.4 is 0 Å². The molecule has 0 atom stereocenters. The van der Waals surface area contributed by atoms with Gasteiger partial charge in [-0.3, -0.25) is 0 Å². The van der Waals surface area contributed by atoms with Crippen LogP contribution in [0.25, 0.3) is 0 Å². The first kappa shape index (κ1) is 19.8. The van der Waals surface area contributed by atoms with E-state index in [0.717, 1.165) is 11.8 Å². The van der Waals surface area contributed by atoms with Gasteiger partial charge in [0.05, 0.1) is 0 Å². The van der Waals surface area contributed by atoms with Gasteiger partial charge in [0.25, 0.3) is 0 Å². The fourth-order valence-electron chi connectivity index (χ4n) is 1.52. The first-order valence-electron chi connectivity index (χ1n) is 7.43. The highest BCUT2D eigenvalue weighted by atomic mass is 14.1. The molecule has 0 aromatic heterocycles. The molecule has 108 valence electrons. The molecule has 0 N–H and O–H groups in total. The molecule has 0 amide bonds. The Morgan fingerprint density at radius 1 is 0.611 bits per heavy atom. The van der Waals surface area contributed by atoms with Gasteiger partial charge >= 0.3 is 0 Å². The van der Waals surface area contributed by atoms with Gasteiger partial charge in [0, 0.05) is 0 Å². The number of hydrogen-bond acceptors (Lipinski definition) is 0. The van der Waals surface area contributed by atoms with Crippen molar-refractivity contribution in [1.82, 2.24) is 0 Å². The summed E-state index contributed by atoms with van der Waals surface area (Å²) < 4.78 is 0. The van der Waals surface area contributed by atoms with Gasteiger partial charge in [-0.2, -0.15) is 0 Å². The monoisotopic (exact) mass is 252 g/mol. The summed E-state index contributed by atoms with van der Waals surface area (Å²) in [6.07, 6.45) is 2.36. The predicted octanol–water partition coefficient (Wildman–Crippen LogP) is 6.49. The van der Waals surface area contributed by atoms with Crippen LogP contribution in [0.15, 0.2) is 24.3 Å². The molecule has 0 aliphatic carbocycles. The van der Waals surface area contributed by atoms with Crippen molar-refractivity contribution in [2.75, 3.05) is 0 Å². The predicted molar refractivity (Wildman–Crippen MR) is 86.9 cm³/mol. The summed E-state index contributed by atoms with van der Waals surface area (Å²) >= 11 is 0. The van der Waals surface area contributed by atoms with Gasteiger partial charge in [0.15, 0.2) is 0 Å². The SMILES string of the molecule is C=C(CC(C)C)C(C)C.C=C(CC(C)C)C(C)C. The van der Waals surface area contributed by atoms with E-state index in [1.54, 1.807) is 0 Å². The van der Waals surface area contributed by atoms with E-state index in [1.807, 2.05) is 0 Å². The lowest BCUT2D eigenvalue weighted by Crippen LogP contribution is -1.96. The Bertz CT molecular complexity index is 202.